The molecule has 120 valence electrons. The fourth-order valence-electron chi connectivity index (χ4n) is 2.95. The summed E-state index contributed by atoms with van der Waals surface area (Å²) in [4.78, 5) is 28.8. The highest BCUT2D eigenvalue weighted by Gasteiger charge is 2.27. The molecule has 2 aliphatic rings. The Labute approximate surface area is 123 Å². The van der Waals surface area contributed by atoms with Crippen LogP contribution in [-0.4, -0.2) is 48.0 Å². The van der Waals surface area contributed by atoms with Gasteiger partial charge in [-0.05, 0) is 52.0 Å². The van der Waals surface area contributed by atoms with Gasteiger partial charge < -0.3 is 14.9 Å². The van der Waals surface area contributed by atoms with Crippen LogP contribution in [0.15, 0.2) is 0 Å². The number of nitrogens with zero attached hydrogens (tertiary/aromatic N) is 2. The van der Waals surface area contributed by atoms with Crippen molar-refractivity contribution in [3.05, 3.63) is 10.1 Å². The van der Waals surface area contributed by atoms with Gasteiger partial charge in [-0.15, -0.1) is 10.1 Å². The Balaban J connectivity index is 1.68. The van der Waals surface area contributed by atoms with Gasteiger partial charge in [0.05, 0.1) is 0 Å². The van der Waals surface area contributed by atoms with Gasteiger partial charge in [0.2, 0.25) is 0 Å². The van der Waals surface area contributed by atoms with Gasteiger partial charge in [-0.2, -0.15) is 0 Å². The molecule has 2 fully saturated rings. The second-order valence-corrected chi connectivity index (χ2v) is 5.78. The van der Waals surface area contributed by atoms with E-state index in [0.29, 0.717) is 25.7 Å². The monoisotopic (exact) mass is 301 g/mol. The molecule has 1 saturated carbocycles. The maximum Gasteiger partial charge on any atom is 0.408 e. The number of alkyl carbamates (subject to hydrolysis) is 1. The first kappa shape index (κ1) is 15.8. The van der Waals surface area contributed by atoms with Crippen LogP contribution in [0.1, 0.15) is 44.9 Å². The molecule has 8 heteroatoms. The van der Waals surface area contributed by atoms with Crippen LogP contribution in [0, 0.1) is 10.1 Å². The van der Waals surface area contributed by atoms with Crippen LogP contribution in [0.3, 0.4) is 0 Å². The summed E-state index contributed by atoms with van der Waals surface area (Å²) in [5, 5.41) is 12.4. The zero-order chi connectivity index (χ0) is 15.2. The molecular formula is C13H23N3O5. The van der Waals surface area contributed by atoms with Crippen LogP contribution >= 0.6 is 0 Å². The summed E-state index contributed by atoms with van der Waals surface area (Å²) in [5.41, 5.74) is 0. The summed E-state index contributed by atoms with van der Waals surface area (Å²) >= 11 is 0. The molecule has 1 saturated heterocycles. The predicted molar refractivity (Wildman–Crippen MR) is 74.0 cm³/mol. The highest BCUT2D eigenvalue weighted by Crippen LogP contribution is 2.22. The van der Waals surface area contributed by atoms with E-state index in [1.807, 2.05) is 11.9 Å². The minimum absolute atomic E-state index is 0.0120. The number of likely N-dealkylation sites (tertiary alicyclic amines) is 1. The Morgan fingerprint density at radius 2 is 1.95 bits per heavy atom. The third kappa shape index (κ3) is 5.04. The maximum absolute atomic E-state index is 11.9. The van der Waals surface area contributed by atoms with Gasteiger partial charge in [0.25, 0.3) is 5.09 Å². The van der Waals surface area contributed by atoms with Crippen LogP contribution in [0.5, 0.6) is 0 Å². The van der Waals surface area contributed by atoms with Gasteiger partial charge >= 0.3 is 6.09 Å². The lowest BCUT2D eigenvalue weighted by Crippen LogP contribution is -2.45. The van der Waals surface area contributed by atoms with Crippen molar-refractivity contribution in [2.75, 3.05) is 13.6 Å². The number of hydrogen-bond acceptors (Lipinski definition) is 6. The molecule has 1 unspecified atom stereocenters. The van der Waals surface area contributed by atoms with Crippen molar-refractivity contribution in [1.82, 2.24) is 10.2 Å². The lowest BCUT2D eigenvalue weighted by molar-refractivity contribution is -0.769. The first-order valence-corrected chi connectivity index (χ1v) is 7.53. The Morgan fingerprint density at radius 1 is 1.24 bits per heavy atom. The van der Waals surface area contributed by atoms with Gasteiger partial charge in [0.1, 0.15) is 6.10 Å². The van der Waals surface area contributed by atoms with Crippen LogP contribution in [-0.2, 0) is 9.57 Å². The molecule has 1 amide bonds. The lowest BCUT2D eigenvalue weighted by atomic mass is 9.93. The number of piperidine rings is 1. The molecule has 21 heavy (non-hydrogen) atoms. The van der Waals surface area contributed by atoms with E-state index in [9.17, 15) is 14.9 Å². The molecule has 0 aromatic heterocycles. The Morgan fingerprint density at radius 3 is 2.57 bits per heavy atom. The van der Waals surface area contributed by atoms with Crippen molar-refractivity contribution in [2.45, 2.75) is 63.3 Å². The van der Waals surface area contributed by atoms with Gasteiger partial charge in [-0.1, -0.05) is 0 Å². The van der Waals surface area contributed by atoms with Crippen molar-refractivity contribution >= 4 is 6.09 Å². The predicted octanol–water partition coefficient (Wildman–Crippen LogP) is 1.67. The number of carbonyl (C=O) groups is 1. The SMILES string of the molecule is CN1CCCCC1OC(=O)NC1CCC(O[N+](=O)[O-])CC1. The minimum atomic E-state index is -0.744. The normalized spacial score (nSPS) is 30.4. The highest BCUT2D eigenvalue weighted by atomic mass is 17.0. The molecule has 1 aliphatic carbocycles. The summed E-state index contributed by atoms with van der Waals surface area (Å²) in [6.45, 7) is 0.946. The average molecular weight is 301 g/mol. The third-order valence-electron chi connectivity index (χ3n) is 4.18. The summed E-state index contributed by atoms with van der Waals surface area (Å²) in [6, 6.07) is 0.0120. The smallest absolute Gasteiger partial charge is 0.408 e. The molecule has 0 aromatic carbocycles. The van der Waals surface area contributed by atoms with E-state index in [2.05, 4.69) is 10.2 Å². The number of nitrogens with one attached hydrogen (secondary N) is 1. The van der Waals surface area contributed by atoms with Crippen LogP contribution in [0.2, 0.25) is 0 Å². The average Bonchev–Trinajstić information content (AvgIpc) is 2.43. The molecular weight excluding hydrogens is 278 g/mol. The Kier molecular flexibility index (Phi) is 5.60. The fourth-order valence-corrected chi connectivity index (χ4v) is 2.95. The van der Waals surface area contributed by atoms with Gasteiger partial charge in [-0.25, -0.2) is 4.79 Å². The summed E-state index contributed by atoms with van der Waals surface area (Å²) in [5.74, 6) is 0. The second-order valence-electron chi connectivity index (χ2n) is 5.78. The van der Waals surface area contributed by atoms with E-state index in [1.165, 1.54) is 0 Å². The Hall–Kier alpha value is -1.57. The third-order valence-corrected chi connectivity index (χ3v) is 4.18. The number of ether oxygens (including phenoxy) is 1. The molecule has 8 nitrogen and oxygen atoms in total. The summed E-state index contributed by atoms with van der Waals surface area (Å²) < 4.78 is 5.43. The quantitative estimate of drug-likeness (QED) is 0.627. The number of amides is 1. The molecule has 1 heterocycles. The maximum atomic E-state index is 11.9. The first-order valence-electron chi connectivity index (χ1n) is 7.53. The summed E-state index contributed by atoms with van der Waals surface area (Å²) in [7, 11) is 1.96. The lowest BCUT2D eigenvalue weighted by Gasteiger charge is -2.33. The number of rotatable bonds is 4. The van der Waals surface area contributed by atoms with Crippen molar-refractivity contribution < 1.29 is 19.5 Å². The first-order chi connectivity index (χ1) is 10.0. The zero-order valence-corrected chi connectivity index (χ0v) is 12.3. The second kappa shape index (κ2) is 7.44. The largest absolute Gasteiger partial charge is 0.430 e. The van der Waals surface area contributed by atoms with Crippen LogP contribution in [0.4, 0.5) is 4.79 Å². The standard InChI is InChI=1S/C13H23N3O5/c1-15-9-3-2-4-12(15)20-13(17)14-10-5-7-11(8-6-10)21-16(18)19/h10-12H,2-9H2,1H3,(H,14,17). The molecule has 0 radical (unpaired) electrons. The number of hydrogen-bond donors (Lipinski definition) is 1. The van der Waals surface area contributed by atoms with E-state index in [0.717, 1.165) is 25.8 Å². The van der Waals surface area contributed by atoms with E-state index in [1.54, 1.807) is 0 Å². The van der Waals surface area contributed by atoms with Crippen molar-refractivity contribution in [3.63, 3.8) is 0 Å². The minimum Gasteiger partial charge on any atom is -0.430 e. The Bertz CT molecular complexity index is 371. The van der Waals surface area contributed by atoms with Gasteiger partial charge in [0, 0.05) is 12.6 Å². The molecule has 1 aliphatic heterocycles. The van der Waals surface area contributed by atoms with Crippen molar-refractivity contribution in [1.29, 1.82) is 0 Å². The van der Waals surface area contributed by atoms with Gasteiger partial charge in [0.15, 0.2) is 6.23 Å². The van der Waals surface area contributed by atoms with E-state index >= 15 is 0 Å². The van der Waals surface area contributed by atoms with Crippen molar-refractivity contribution in [3.8, 4) is 0 Å². The highest BCUT2D eigenvalue weighted by molar-refractivity contribution is 5.67. The molecule has 0 aromatic rings. The molecule has 0 spiro atoms. The van der Waals surface area contributed by atoms with E-state index in [-0.39, 0.29) is 18.4 Å². The molecule has 2 rings (SSSR count). The number of carbonyl (C=O) groups excluding carboxylic acids is 1. The summed E-state index contributed by atoms with van der Waals surface area (Å²) in [6.07, 6.45) is 4.70. The molecule has 1 atom stereocenters. The van der Waals surface area contributed by atoms with E-state index in [4.69, 9.17) is 4.74 Å². The van der Waals surface area contributed by atoms with E-state index < -0.39 is 11.2 Å². The fraction of sp³-hybridized carbons (Fsp3) is 0.923. The van der Waals surface area contributed by atoms with Crippen LogP contribution < -0.4 is 5.32 Å². The van der Waals surface area contributed by atoms with Crippen LogP contribution in [0.25, 0.3) is 0 Å². The topological polar surface area (TPSA) is 93.9 Å². The molecule has 1 N–H and O–H groups in total. The zero-order valence-electron chi connectivity index (χ0n) is 12.3. The van der Waals surface area contributed by atoms with Crippen molar-refractivity contribution in [2.24, 2.45) is 0 Å². The van der Waals surface area contributed by atoms with Gasteiger partial charge in [-0.3, -0.25) is 4.90 Å². The molecule has 0 bridgehead atoms.